The number of hydrogen-bond acceptors (Lipinski definition) is 3. The van der Waals surface area contributed by atoms with Crippen molar-refractivity contribution < 1.29 is 22.8 Å². The first-order valence-corrected chi connectivity index (χ1v) is 9.36. The van der Waals surface area contributed by atoms with E-state index in [9.17, 15) is 22.8 Å². The molecule has 0 saturated heterocycles. The number of hydrogen-bond donors (Lipinski definition) is 3. The molecule has 3 N–H and O–H groups in total. The molecule has 0 unspecified atom stereocenters. The van der Waals surface area contributed by atoms with Crippen LogP contribution in [0.5, 0.6) is 0 Å². The first-order chi connectivity index (χ1) is 13.1. The molecule has 3 amide bonds. The maximum Gasteiger partial charge on any atom is 0.398 e. The van der Waals surface area contributed by atoms with Crippen LogP contribution in [0.3, 0.4) is 0 Å². The number of thioether (sulfide) groups is 1. The van der Waals surface area contributed by atoms with Crippen molar-refractivity contribution in [2.45, 2.75) is 31.0 Å². The van der Waals surface area contributed by atoms with Gasteiger partial charge in [0.25, 0.3) is 0 Å². The van der Waals surface area contributed by atoms with Crippen molar-refractivity contribution in [2.75, 3.05) is 16.4 Å². The number of para-hydroxylation sites is 1. The van der Waals surface area contributed by atoms with Crippen molar-refractivity contribution in [1.82, 2.24) is 5.32 Å². The number of benzene rings is 2. The summed E-state index contributed by atoms with van der Waals surface area (Å²) in [5, 5.41) is 7.98. The third-order valence-corrected chi connectivity index (χ3v) is 4.72. The third-order valence-electron chi connectivity index (χ3n) is 3.58. The lowest BCUT2D eigenvalue weighted by Gasteiger charge is -2.17. The molecule has 0 spiro atoms. The zero-order valence-electron chi connectivity index (χ0n) is 15.3. The summed E-state index contributed by atoms with van der Waals surface area (Å²) in [5.41, 5.74) is 1.67. The van der Waals surface area contributed by atoms with Gasteiger partial charge in [0, 0.05) is 17.5 Å². The highest BCUT2D eigenvalue weighted by molar-refractivity contribution is 7.99. The van der Waals surface area contributed by atoms with Crippen LogP contribution in [0.15, 0.2) is 53.4 Å². The van der Waals surface area contributed by atoms with Crippen molar-refractivity contribution in [3.05, 3.63) is 54.1 Å². The largest absolute Gasteiger partial charge is 0.398 e. The monoisotopic (exact) mass is 411 g/mol. The molecule has 2 aromatic carbocycles. The number of nitrogens with one attached hydrogen (secondary N) is 3. The predicted octanol–water partition coefficient (Wildman–Crippen LogP) is 5.18. The lowest BCUT2D eigenvalue weighted by atomic mass is 10.1. The van der Waals surface area contributed by atoms with Crippen molar-refractivity contribution in [2.24, 2.45) is 0 Å². The highest BCUT2D eigenvalue weighted by Crippen LogP contribution is 2.32. The van der Waals surface area contributed by atoms with Gasteiger partial charge in [-0.1, -0.05) is 24.3 Å². The second kappa shape index (κ2) is 9.50. The van der Waals surface area contributed by atoms with E-state index in [4.69, 9.17) is 0 Å². The molecule has 0 fully saturated rings. The summed E-state index contributed by atoms with van der Waals surface area (Å²) in [6.45, 7) is 3.16. The number of halogens is 3. The first-order valence-electron chi connectivity index (χ1n) is 8.37. The fourth-order valence-corrected chi connectivity index (χ4v) is 3.15. The van der Waals surface area contributed by atoms with E-state index >= 15 is 0 Å². The summed E-state index contributed by atoms with van der Waals surface area (Å²) >= 11 is 0.611. The average molecular weight is 411 g/mol. The molecule has 1 atom stereocenters. The predicted molar refractivity (Wildman–Crippen MR) is 105 cm³/mol. The van der Waals surface area contributed by atoms with Crippen molar-refractivity contribution in [1.29, 1.82) is 0 Å². The van der Waals surface area contributed by atoms with E-state index < -0.39 is 18.0 Å². The molecule has 150 valence electrons. The van der Waals surface area contributed by atoms with Crippen molar-refractivity contribution in [3.8, 4) is 0 Å². The summed E-state index contributed by atoms with van der Waals surface area (Å²) in [5.74, 6) is -1.25. The zero-order valence-corrected chi connectivity index (χ0v) is 16.1. The molecule has 0 saturated carbocycles. The fraction of sp³-hybridized carbons (Fsp3) is 0.263. The molecule has 9 heteroatoms. The second-order valence-electron chi connectivity index (χ2n) is 6.03. The zero-order chi connectivity index (χ0) is 20.7. The Balaban J connectivity index is 2.01. The van der Waals surface area contributed by atoms with Gasteiger partial charge < -0.3 is 16.0 Å². The van der Waals surface area contributed by atoms with Crippen LogP contribution in [-0.2, 0) is 4.79 Å². The number of amides is 3. The number of urea groups is 1. The van der Waals surface area contributed by atoms with Gasteiger partial charge in [0.05, 0.1) is 17.5 Å². The Morgan fingerprint density at radius 3 is 2.46 bits per heavy atom. The van der Waals surface area contributed by atoms with Crippen molar-refractivity contribution >= 4 is 35.1 Å². The molecule has 0 aliphatic heterocycles. The molecule has 2 rings (SSSR count). The Morgan fingerprint density at radius 2 is 1.79 bits per heavy atom. The fourth-order valence-electron chi connectivity index (χ4n) is 2.38. The number of rotatable bonds is 6. The molecular weight excluding hydrogens is 391 g/mol. The molecule has 5 nitrogen and oxygen atoms in total. The second-order valence-corrected chi connectivity index (χ2v) is 7.04. The minimum Gasteiger partial charge on any atom is -0.331 e. The van der Waals surface area contributed by atoms with Crippen LogP contribution < -0.4 is 16.0 Å². The number of alkyl halides is 3. The third kappa shape index (κ3) is 7.15. The smallest absolute Gasteiger partial charge is 0.331 e. The molecule has 0 heterocycles. The lowest BCUT2D eigenvalue weighted by molar-refractivity contribution is -0.114. The van der Waals surface area contributed by atoms with Crippen LogP contribution in [0.1, 0.15) is 25.5 Å². The number of carbonyl (C=O) groups excluding carboxylic acids is 2. The van der Waals surface area contributed by atoms with Crippen LogP contribution in [0.4, 0.5) is 29.3 Å². The van der Waals surface area contributed by atoms with Crippen LogP contribution in [0, 0.1) is 0 Å². The molecule has 0 aliphatic rings. The Hall–Kier alpha value is -2.68. The quantitative estimate of drug-likeness (QED) is 0.574. The highest BCUT2D eigenvalue weighted by atomic mass is 32.2. The van der Waals surface area contributed by atoms with E-state index in [1.165, 1.54) is 13.0 Å². The van der Waals surface area contributed by atoms with Gasteiger partial charge in [-0.3, -0.25) is 4.79 Å². The Labute approximate surface area is 165 Å². The van der Waals surface area contributed by atoms with E-state index in [1.54, 1.807) is 49.4 Å². The summed E-state index contributed by atoms with van der Waals surface area (Å²) in [6.07, 6.45) is -4.30. The lowest BCUT2D eigenvalue weighted by Crippen LogP contribution is -2.31. The highest BCUT2D eigenvalue weighted by Gasteiger charge is 2.27. The van der Waals surface area contributed by atoms with E-state index in [0.29, 0.717) is 28.0 Å². The maximum atomic E-state index is 12.5. The Kier molecular flexibility index (Phi) is 7.33. The van der Waals surface area contributed by atoms with Crippen LogP contribution in [0.2, 0.25) is 0 Å². The minimum atomic E-state index is -4.30. The van der Waals surface area contributed by atoms with E-state index in [0.717, 1.165) is 5.56 Å². The summed E-state index contributed by atoms with van der Waals surface area (Å²) in [7, 11) is 0. The summed E-state index contributed by atoms with van der Waals surface area (Å²) in [4.78, 5) is 23.8. The molecule has 28 heavy (non-hydrogen) atoms. The van der Waals surface area contributed by atoms with Crippen LogP contribution >= 0.6 is 11.8 Å². The Morgan fingerprint density at radius 1 is 1.07 bits per heavy atom. The van der Waals surface area contributed by atoms with E-state index in [1.807, 2.05) is 0 Å². The molecule has 0 radical (unpaired) electrons. The standard InChI is InChI=1S/C19H20F3N3O2S/c1-12(14-6-5-7-15(10-14)24-13(2)26)23-18(27)25-16-8-3-4-9-17(16)28-11-19(20,21)22/h3-10,12H,11H2,1-2H3,(H,24,26)(H2,23,25,27)/t12-/m0/s1. The topological polar surface area (TPSA) is 70.2 Å². The van der Waals surface area contributed by atoms with E-state index in [2.05, 4.69) is 16.0 Å². The Bertz CT molecular complexity index is 843. The van der Waals surface area contributed by atoms with Gasteiger partial charge in [0.1, 0.15) is 0 Å². The van der Waals surface area contributed by atoms with Gasteiger partial charge >= 0.3 is 12.2 Å². The van der Waals surface area contributed by atoms with Gasteiger partial charge in [-0.15, -0.1) is 11.8 Å². The van der Waals surface area contributed by atoms with Crippen LogP contribution in [0.25, 0.3) is 0 Å². The molecule has 0 bridgehead atoms. The SMILES string of the molecule is CC(=O)Nc1cccc([C@H](C)NC(=O)Nc2ccccc2SCC(F)(F)F)c1. The van der Waals surface area contributed by atoms with Gasteiger partial charge in [0.15, 0.2) is 0 Å². The molecular formula is C19H20F3N3O2S. The average Bonchev–Trinajstić information content (AvgIpc) is 2.60. The molecule has 0 aliphatic carbocycles. The number of carbonyl (C=O) groups is 2. The van der Waals surface area contributed by atoms with Gasteiger partial charge in [0.2, 0.25) is 5.91 Å². The summed E-state index contributed by atoms with van der Waals surface area (Å²) in [6, 6.07) is 12.4. The van der Waals surface area contributed by atoms with Crippen molar-refractivity contribution in [3.63, 3.8) is 0 Å². The van der Waals surface area contributed by atoms with Gasteiger partial charge in [-0.05, 0) is 36.8 Å². The summed E-state index contributed by atoms with van der Waals surface area (Å²) < 4.78 is 37.4. The van der Waals surface area contributed by atoms with Gasteiger partial charge in [-0.2, -0.15) is 13.2 Å². The number of anilines is 2. The van der Waals surface area contributed by atoms with Crippen LogP contribution in [-0.4, -0.2) is 23.9 Å². The maximum absolute atomic E-state index is 12.5. The molecule has 2 aromatic rings. The first kappa shape index (κ1) is 21.6. The van der Waals surface area contributed by atoms with Gasteiger partial charge in [-0.25, -0.2) is 4.79 Å². The molecule has 0 aromatic heterocycles. The minimum absolute atomic E-state index is 0.205. The normalized spacial score (nSPS) is 12.2. The van der Waals surface area contributed by atoms with E-state index in [-0.39, 0.29) is 11.9 Å².